The van der Waals surface area contributed by atoms with Gasteiger partial charge in [0, 0.05) is 53.4 Å². The van der Waals surface area contributed by atoms with E-state index in [1.807, 2.05) is 48.5 Å². The maximum Gasteiger partial charge on any atom is 0.306 e. The number of carbonyl (C=O) groups is 2. The Kier molecular flexibility index (Phi) is 5.68. The standard InChI is InChI=1S/C26H28N2O3/c1-26(2)21-11-5-7-13-23(21)28(3)24(26)15-19(29)17-31-25(30)14-8-9-18-16-27-22-12-6-4-10-20(18)22/h4-7,10-13,15-16,27H,8-9,14,17H2,1-3H3. The van der Waals surface area contributed by atoms with E-state index < -0.39 is 0 Å². The number of para-hydroxylation sites is 2. The average molecular weight is 417 g/mol. The van der Waals surface area contributed by atoms with E-state index >= 15 is 0 Å². The maximum atomic E-state index is 12.5. The first kappa shape index (κ1) is 20.9. The van der Waals surface area contributed by atoms with Gasteiger partial charge in [-0.15, -0.1) is 0 Å². The number of esters is 1. The molecule has 0 saturated carbocycles. The van der Waals surface area contributed by atoms with Gasteiger partial charge in [-0.2, -0.15) is 0 Å². The molecule has 4 rings (SSSR count). The van der Waals surface area contributed by atoms with Crippen molar-refractivity contribution in [2.24, 2.45) is 0 Å². The van der Waals surface area contributed by atoms with E-state index in [0.29, 0.717) is 12.8 Å². The summed E-state index contributed by atoms with van der Waals surface area (Å²) in [6, 6.07) is 16.3. The van der Waals surface area contributed by atoms with Crippen molar-refractivity contribution in [2.45, 2.75) is 38.5 Å². The number of hydrogen-bond acceptors (Lipinski definition) is 4. The number of aryl methyl sites for hydroxylation is 1. The lowest BCUT2D eigenvalue weighted by Gasteiger charge is -2.23. The van der Waals surface area contributed by atoms with E-state index in [0.717, 1.165) is 23.3 Å². The summed E-state index contributed by atoms with van der Waals surface area (Å²) in [5.41, 5.74) is 5.21. The molecular formula is C26H28N2O3. The van der Waals surface area contributed by atoms with Crippen LogP contribution in [0.4, 0.5) is 5.69 Å². The third kappa shape index (κ3) is 4.13. The number of likely N-dealkylation sites (N-methyl/N-ethyl adjacent to an activating group) is 1. The molecule has 0 fully saturated rings. The molecule has 31 heavy (non-hydrogen) atoms. The van der Waals surface area contributed by atoms with Gasteiger partial charge in [0.1, 0.15) is 0 Å². The van der Waals surface area contributed by atoms with Gasteiger partial charge in [-0.25, -0.2) is 0 Å². The van der Waals surface area contributed by atoms with E-state index in [9.17, 15) is 9.59 Å². The molecule has 5 heteroatoms. The van der Waals surface area contributed by atoms with Gasteiger partial charge in [-0.1, -0.05) is 50.2 Å². The molecule has 0 atom stereocenters. The lowest BCUT2D eigenvalue weighted by atomic mass is 9.83. The van der Waals surface area contributed by atoms with Crippen molar-refractivity contribution in [3.8, 4) is 0 Å². The SMILES string of the molecule is CN1C(=CC(=O)COC(=O)CCCc2c[nH]c3ccccc23)C(C)(C)c2ccccc21. The lowest BCUT2D eigenvalue weighted by molar-refractivity contribution is -0.147. The van der Waals surface area contributed by atoms with Crippen LogP contribution in [0.5, 0.6) is 0 Å². The van der Waals surface area contributed by atoms with E-state index in [1.54, 1.807) is 6.08 Å². The Balaban J connectivity index is 1.29. The molecule has 0 aliphatic carbocycles. The van der Waals surface area contributed by atoms with E-state index in [1.165, 1.54) is 16.5 Å². The van der Waals surface area contributed by atoms with Crippen molar-refractivity contribution in [3.05, 3.63) is 77.6 Å². The van der Waals surface area contributed by atoms with Gasteiger partial charge in [0.05, 0.1) is 0 Å². The number of benzene rings is 2. The van der Waals surface area contributed by atoms with Gasteiger partial charge in [0.2, 0.25) is 0 Å². The minimum atomic E-state index is -0.339. The molecule has 1 aromatic heterocycles. The molecule has 160 valence electrons. The monoisotopic (exact) mass is 416 g/mol. The fraction of sp³-hybridized carbons (Fsp3) is 0.308. The second-order valence-corrected chi connectivity index (χ2v) is 8.57. The predicted molar refractivity (Wildman–Crippen MR) is 123 cm³/mol. The minimum Gasteiger partial charge on any atom is -0.457 e. The normalized spacial score (nSPS) is 16.0. The summed E-state index contributed by atoms with van der Waals surface area (Å²) in [6.45, 7) is 3.98. The Morgan fingerprint density at radius 3 is 2.65 bits per heavy atom. The second-order valence-electron chi connectivity index (χ2n) is 8.57. The molecule has 1 aliphatic rings. The van der Waals surface area contributed by atoms with Crippen molar-refractivity contribution in [1.82, 2.24) is 4.98 Å². The van der Waals surface area contributed by atoms with Gasteiger partial charge >= 0.3 is 5.97 Å². The highest BCUT2D eigenvalue weighted by Gasteiger charge is 2.38. The number of ketones is 1. The highest BCUT2D eigenvalue weighted by molar-refractivity contribution is 5.94. The third-order valence-corrected chi connectivity index (χ3v) is 6.12. The number of H-pyrrole nitrogens is 1. The number of allylic oxidation sites excluding steroid dienone is 1. The van der Waals surface area contributed by atoms with Crippen molar-refractivity contribution in [2.75, 3.05) is 18.6 Å². The quantitative estimate of drug-likeness (QED) is 0.439. The predicted octanol–water partition coefficient (Wildman–Crippen LogP) is 4.91. The van der Waals surface area contributed by atoms with Crippen molar-refractivity contribution in [3.63, 3.8) is 0 Å². The third-order valence-electron chi connectivity index (χ3n) is 6.12. The highest BCUT2D eigenvalue weighted by Crippen LogP contribution is 2.46. The summed E-state index contributed by atoms with van der Waals surface area (Å²) >= 11 is 0. The molecule has 5 nitrogen and oxygen atoms in total. The fourth-order valence-corrected chi connectivity index (χ4v) is 4.44. The van der Waals surface area contributed by atoms with Gasteiger partial charge in [-0.3, -0.25) is 9.59 Å². The maximum absolute atomic E-state index is 12.5. The Bertz CT molecular complexity index is 1160. The van der Waals surface area contributed by atoms with Gasteiger partial charge < -0.3 is 14.6 Å². The molecule has 2 heterocycles. The summed E-state index contributed by atoms with van der Waals surface area (Å²) in [6.07, 6.45) is 5.36. The van der Waals surface area contributed by atoms with Crippen LogP contribution >= 0.6 is 0 Å². The van der Waals surface area contributed by atoms with Crippen molar-refractivity contribution < 1.29 is 14.3 Å². The molecule has 0 saturated heterocycles. The smallest absolute Gasteiger partial charge is 0.306 e. The molecule has 0 spiro atoms. The number of anilines is 1. The zero-order chi connectivity index (χ0) is 22.0. The van der Waals surface area contributed by atoms with Gasteiger partial charge in [0.15, 0.2) is 12.4 Å². The largest absolute Gasteiger partial charge is 0.457 e. The summed E-state index contributed by atoms with van der Waals surface area (Å²) in [4.78, 5) is 29.9. The Labute approximate surface area is 182 Å². The molecule has 3 aromatic rings. The topological polar surface area (TPSA) is 62.4 Å². The van der Waals surface area contributed by atoms with Crippen LogP contribution in [-0.4, -0.2) is 30.4 Å². The molecular weight excluding hydrogens is 388 g/mol. The number of fused-ring (bicyclic) bond motifs is 2. The summed E-state index contributed by atoms with van der Waals surface area (Å²) < 4.78 is 5.24. The summed E-state index contributed by atoms with van der Waals surface area (Å²) in [7, 11) is 1.96. The zero-order valence-electron chi connectivity index (χ0n) is 18.3. The average Bonchev–Trinajstić information content (AvgIpc) is 3.26. The number of rotatable bonds is 7. The van der Waals surface area contributed by atoms with Crippen LogP contribution in [0, 0.1) is 0 Å². The first-order valence-electron chi connectivity index (χ1n) is 10.7. The molecule has 1 N–H and O–H groups in total. The van der Waals surface area contributed by atoms with Gasteiger partial charge in [0.25, 0.3) is 0 Å². The highest BCUT2D eigenvalue weighted by atomic mass is 16.5. The number of nitrogens with one attached hydrogen (secondary N) is 1. The first-order valence-corrected chi connectivity index (χ1v) is 10.7. The second kappa shape index (κ2) is 8.42. The molecule has 1 aliphatic heterocycles. The molecule has 0 amide bonds. The molecule has 0 bridgehead atoms. The van der Waals surface area contributed by atoms with Crippen LogP contribution in [0.1, 0.15) is 37.8 Å². The first-order chi connectivity index (χ1) is 14.9. The number of aromatic nitrogens is 1. The molecule has 0 radical (unpaired) electrons. The number of hydrogen-bond donors (Lipinski definition) is 1. The van der Waals surface area contributed by atoms with E-state index in [2.05, 4.69) is 37.0 Å². The van der Waals surface area contributed by atoms with Crippen LogP contribution < -0.4 is 4.90 Å². The number of ether oxygens (including phenoxy) is 1. The van der Waals surface area contributed by atoms with Crippen molar-refractivity contribution in [1.29, 1.82) is 0 Å². The van der Waals surface area contributed by atoms with Crippen LogP contribution in [0.3, 0.4) is 0 Å². The number of nitrogens with zero attached hydrogens (tertiary/aromatic N) is 1. The number of carbonyl (C=O) groups excluding carboxylic acids is 2. The Morgan fingerprint density at radius 1 is 1.10 bits per heavy atom. The van der Waals surface area contributed by atoms with E-state index in [4.69, 9.17) is 4.74 Å². The van der Waals surface area contributed by atoms with E-state index in [-0.39, 0.29) is 23.8 Å². The van der Waals surface area contributed by atoms with Gasteiger partial charge in [-0.05, 0) is 36.1 Å². The van der Waals surface area contributed by atoms with Crippen LogP contribution in [0.15, 0.2) is 66.5 Å². The van der Waals surface area contributed by atoms with Crippen LogP contribution in [-0.2, 0) is 26.2 Å². The molecule has 2 aromatic carbocycles. The fourth-order valence-electron chi connectivity index (χ4n) is 4.44. The van der Waals surface area contributed by atoms with Crippen LogP contribution in [0.25, 0.3) is 10.9 Å². The summed E-state index contributed by atoms with van der Waals surface area (Å²) in [5.74, 6) is -0.540. The zero-order valence-corrected chi connectivity index (χ0v) is 18.3. The van der Waals surface area contributed by atoms with Crippen LogP contribution in [0.2, 0.25) is 0 Å². The Morgan fingerprint density at radius 2 is 1.84 bits per heavy atom. The Hall–Kier alpha value is -3.34. The molecule has 0 unspecified atom stereocenters. The van der Waals surface area contributed by atoms with Crippen molar-refractivity contribution >= 4 is 28.3 Å². The summed E-state index contributed by atoms with van der Waals surface area (Å²) in [5, 5.41) is 1.18. The minimum absolute atomic E-state index is 0.201. The number of aromatic amines is 1. The lowest BCUT2D eigenvalue weighted by Crippen LogP contribution is -2.25.